The van der Waals surface area contributed by atoms with Crippen LogP contribution in [0.3, 0.4) is 0 Å². The summed E-state index contributed by atoms with van der Waals surface area (Å²) in [5.74, 6) is 1.14. The van der Waals surface area contributed by atoms with Crippen LogP contribution in [0.4, 0.5) is 0 Å². The lowest BCUT2D eigenvalue weighted by Gasteiger charge is -2.19. The van der Waals surface area contributed by atoms with Crippen molar-refractivity contribution in [2.45, 2.75) is 44.8 Å². The average Bonchev–Trinajstić information content (AvgIpc) is 3.16. The van der Waals surface area contributed by atoms with Gasteiger partial charge in [-0.15, -0.1) is 0 Å². The van der Waals surface area contributed by atoms with E-state index in [1.54, 1.807) is 0 Å². The van der Waals surface area contributed by atoms with Crippen LogP contribution in [0.2, 0.25) is 0 Å². The molecule has 160 valence electrons. The van der Waals surface area contributed by atoms with Crippen molar-refractivity contribution < 1.29 is 10.2 Å². The number of allylic oxidation sites excluding steroid dienone is 1. The molecule has 1 aromatic rings. The van der Waals surface area contributed by atoms with Gasteiger partial charge in [0, 0.05) is 25.4 Å². The second-order valence-electron chi connectivity index (χ2n) is 9.19. The molecule has 0 aliphatic heterocycles. The minimum Gasteiger partial charge on any atom is -0.392 e. The minimum absolute atomic E-state index is 0.155. The molecule has 29 heavy (non-hydrogen) atoms. The zero-order valence-corrected chi connectivity index (χ0v) is 18.2. The van der Waals surface area contributed by atoms with E-state index in [0.717, 1.165) is 44.5 Å². The summed E-state index contributed by atoms with van der Waals surface area (Å²) in [6.45, 7) is 5.19. The Balaban J connectivity index is 1.47. The van der Waals surface area contributed by atoms with Gasteiger partial charge in [0.05, 0.1) is 12.2 Å². The Kier molecular flexibility index (Phi) is 8.07. The molecule has 4 nitrogen and oxygen atoms in total. The van der Waals surface area contributed by atoms with E-state index in [1.807, 2.05) is 12.1 Å². The van der Waals surface area contributed by atoms with E-state index in [9.17, 15) is 10.2 Å². The fraction of sp³-hybridized carbons (Fsp3) is 0.600. The monoisotopic (exact) mass is 398 g/mol. The van der Waals surface area contributed by atoms with Gasteiger partial charge in [-0.3, -0.25) is 0 Å². The van der Waals surface area contributed by atoms with Crippen molar-refractivity contribution in [1.29, 1.82) is 0 Å². The Morgan fingerprint density at radius 1 is 1.28 bits per heavy atom. The van der Waals surface area contributed by atoms with E-state index < -0.39 is 6.10 Å². The lowest BCUT2D eigenvalue weighted by Crippen LogP contribution is -2.27. The third kappa shape index (κ3) is 6.51. The van der Waals surface area contributed by atoms with Gasteiger partial charge in [-0.25, -0.2) is 0 Å². The van der Waals surface area contributed by atoms with E-state index in [1.165, 1.54) is 11.1 Å². The van der Waals surface area contributed by atoms with Crippen molar-refractivity contribution in [2.75, 3.05) is 33.7 Å². The van der Waals surface area contributed by atoms with Crippen LogP contribution in [0.5, 0.6) is 0 Å². The Morgan fingerprint density at radius 2 is 2.10 bits per heavy atom. The summed E-state index contributed by atoms with van der Waals surface area (Å²) in [4.78, 5) is 2.19. The molecule has 3 rings (SSSR count). The van der Waals surface area contributed by atoms with Crippen molar-refractivity contribution in [3.8, 4) is 0 Å². The number of likely N-dealkylation sites (N-methyl/N-ethyl adjacent to an activating group) is 1. The number of rotatable bonds is 10. The summed E-state index contributed by atoms with van der Waals surface area (Å²) in [5, 5.41) is 24.5. The average molecular weight is 399 g/mol. The van der Waals surface area contributed by atoms with Gasteiger partial charge in [-0.1, -0.05) is 53.6 Å². The summed E-state index contributed by atoms with van der Waals surface area (Å²) in [5.41, 5.74) is 3.90. The van der Waals surface area contributed by atoms with E-state index in [4.69, 9.17) is 0 Å². The van der Waals surface area contributed by atoms with E-state index in [-0.39, 0.29) is 12.0 Å². The second-order valence-corrected chi connectivity index (χ2v) is 9.19. The van der Waals surface area contributed by atoms with Crippen LogP contribution in [0.25, 0.3) is 0 Å². The second kappa shape index (κ2) is 10.5. The molecule has 0 bridgehead atoms. The van der Waals surface area contributed by atoms with Gasteiger partial charge in [-0.2, -0.15) is 0 Å². The number of nitrogens with zero attached hydrogens (tertiary/aromatic N) is 1. The summed E-state index contributed by atoms with van der Waals surface area (Å²) in [6.07, 6.45) is 9.27. The van der Waals surface area contributed by atoms with Gasteiger partial charge in [0.15, 0.2) is 0 Å². The Morgan fingerprint density at radius 3 is 2.86 bits per heavy atom. The smallest absolute Gasteiger partial charge is 0.0761 e. The van der Waals surface area contributed by atoms with Crippen LogP contribution >= 0.6 is 0 Å². The molecule has 2 aliphatic carbocycles. The first-order valence-corrected chi connectivity index (χ1v) is 11.1. The first-order valence-electron chi connectivity index (χ1n) is 11.1. The molecule has 0 saturated heterocycles. The normalized spacial score (nSPS) is 27.6. The maximum atomic E-state index is 10.5. The number of hydrogen-bond donors (Lipinski definition) is 3. The molecule has 1 aromatic carbocycles. The van der Waals surface area contributed by atoms with Crippen LogP contribution in [0.15, 0.2) is 48.1 Å². The zero-order chi connectivity index (χ0) is 20.8. The first-order chi connectivity index (χ1) is 13.9. The number of aliphatic hydroxyl groups is 2. The number of nitrogens with one attached hydrogen (secondary N) is 1. The molecular weight excluding hydrogens is 360 g/mol. The molecule has 2 aliphatic rings. The topological polar surface area (TPSA) is 55.7 Å². The molecule has 0 aromatic heterocycles. The van der Waals surface area contributed by atoms with Crippen LogP contribution < -0.4 is 5.32 Å². The summed E-state index contributed by atoms with van der Waals surface area (Å²) in [6, 6.07) is 8.29. The number of benzene rings is 1. The largest absolute Gasteiger partial charge is 0.392 e. The van der Waals surface area contributed by atoms with Crippen LogP contribution in [-0.2, 0) is 6.42 Å². The number of fused-ring (bicyclic) bond motifs is 1. The van der Waals surface area contributed by atoms with Crippen LogP contribution in [0, 0.1) is 24.7 Å². The van der Waals surface area contributed by atoms with E-state index in [2.05, 4.69) is 61.6 Å². The number of aliphatic hydroxyl groups excluding tert-OH is 2. The van der Waals surface area contributed by atoms with Gasteiger partial charge in [0.25, 0.3) is 0 Å². The molecule has 1 fully saturated rings. The fourth-order valence-corrected chi connectivity index (χ4v) is 4.87. The highest BCUT2D eigenvalue weighted by Gasteiger charge is 2.43. The van der Waals surface area contributed by atoms with E-state index >= 15 is 0 Å². The minimum atomic E-state index is -0.502. The Hall–Kier alpha value is -1.46. The molecule has 0 unspecified atom stereocenters. The summed E-state index contributed by atoms with van der Waals surface area (Å²) in [7, 11) is 4.19. The molecule has 4 heteroatoms. The molecule has 0 radical (unpaired) electrons. The van der Waals surface area contributed by atoms with Crippen LogP contribution in [0.1, 0.15) is 30.4 Å². The summed E-state index contributed by atoms with van der Waals surface area (Å²) < 4.78 is 0. The van der Waals surface area contributed by atoms with Crippen molar-refractivity contribution >= 4 is 0 Å². The molecule has 0 heterocycles. The van der Waals surface area contributed by atoms with Gasteiger partial charge < -0.3 is 20.4 Å². The maximum Gasteiger partial charge on any atom is 0.0761 e. The SMILES string of the molecule is Cc1cccc(C[C@@H](O)/C=C/[C@@H]2[C@H]3CC(CCNCCN(C)C)=C[C@H]3C[C@H]2O)c1. The lowest BCUT2D eigenvalue weighted by molar-refractivity contribution is 0.140. The molecule has 0 amide bonds. The molecule has 1 saturated carbocycles. The molecule has 3 N–H and O–H groups in total. The number of aryl methyl sites for hydroxylation is 1. The highest BCUT2D eigenvalue weighted by atomic mass is 16.3. The zero-order valence-electron chi connectivity index (χ0n) is 18.2. The fourth-order valence-electron chi connectivity index (χ4n) is 4.87. The van der Waals surface area contributed by atoms with Crippen molar-refractivity contribution in [1.82, 2.24) is 10.2 Å². The molecule has 0 spiro atoms. The predicted octanol–water partition coefficient (Wildman–Crippen LogP) is 2.94. The van der Waals surface area contributed by atoms with Crippen molar-refractivity contribution in [3.63, 3.8) is 0 Å². The summed E-state index contributed by atoms with van der Waals surface area (Å²) >= 11 is 0. The number of hydrogen-bond acceptors (Lipinski definition) is 4. The molecular formula is C25H38N2O2. The standard InChI is InChI=1S/C25H38N2O2/c1-18-5-4-6-19(13-18)15-22(28)7-8-23-24-16-20(14-21(24)17-25(23)29)9-10-26-11-12-27(2)3/h4-8,13-14,21-26,28-29H,9-12,15-17H2,1-3H3/b8-7+/t21-,22-,23+,24-,25+/m0/s1. The molecule has 5 atom stereocenters. The third-order valence-electron chi connectivity index (χ3n) is 6.39. The third-order valence-corrected chi connectivity index (χ3v) is 6.39. The highest BCUT2D eigenvalue weighted by Crippen LogP contribution is 2.47. The lowest BCUT2D eigenvalue weighted by atomic mass is 9.88. The highest BCUT2D eigenvalue weighted by molar-refractivity contribution is 5.24. The Bertz CT molecular complexity index is 713. The van der Waals surface area contributed by atoms with Crippen LogP contribution in [-0.4, -0.2) is 61.1 Å². The van der Waals surface area contributed by atoms with E-state index in [0.29, 0.717) is 18.3 Å². The van der Waals surface area contributed by atoms with Crippen molar-refractivity contribution in [3.05, 3.63) is 59.2 Å². The van der Waals surface area contributed by atoms with Gasteiger partial charge in [-0.05, 0) is 64.2 Å². The predicted molar refractivity (Wildman–Crippen MR) is 120 cm³/mol. The van der Waals surface area contributed by atoms with Crippen molar-refractivity contribution in [2.24, 2.45) is 17.8 Å². The first kappa shape index (κ1) is 22.2. The van der Waals surface area contributed by atoms with Gasteiger partial charge in [0.2, 0.25) is 0 Å². The quantitative estimate of drug-likeness (QED) is 0.419. The maximum absolute atomic E-state index is 10.5. The van der Waals surface area contributed by atoms with Gasteiger partial charge in [0.1, 0.15) is 0 Å². The Labute approximate surface area is 176 Å². The van der Waals surface area contributed by atoms with Gasteiger partial charge >= 0.3 is 0 Å².